The first-order valence-corrected chi connectivity index (χ1v) is 9.06. The van der Waals surface area contributed by atoms with Crippen LogP contribution in [0.4, 0.5) is 4.39 Å². The molecule has 1 aromatic rings. The molecule has 0 aliphatic heterocycles. The van der Waals surface area contributed by atoms with Crippen LogP contribution in [0.25, 0.3) is 0 Å². The van der Waals surface area contributed by atoms with Gasteiger partial charge in [-0.25, -0.2) is 4.39 Å². The lowest BCUT2D eigenvalue weighted by Gasteiger charge is -2.25. The first kappa shape index (κ1) is 20.4. The second-order valence-corrected chi connectivity index (χ2v) is 6.24. The summed E-state index contributed by atoms with van der Waals surface area (Å²) >= 11 is 1.22. The highest BCUT2D eigenvalue weighted by molar-refractivity contribution is 7.98. The SMILES string of the molecule is CCOCCCN(CC(C)C(=O)O)C(=O)c1ccc(F)c(SC)c1. The Morgan fingerprint density at radius 2 is 2.12 bits per heavy atom. The molecule has 0 radical (unpaired) electrons. The van der Waals surface area contributed by atoms with E-state index in [9.17, 15) is 14.0 Å². The van der Waals surface area contributed by atoms with Gasteiger partial charge >= 0.3 is 5.97 Å². The first-order valence-electron chi connectivity index (χ1n) is 7.84. The topological polar surface area (TPSA) is 66.8 Å². The van der Waals surface area contributed by atoms with Crippen LogP contribution >= 0.6 is 11.8 Å². The third-order valence-electron chi connectivity index (χ3n) is 3.52. The number of carbonyl (C=O) groups is 2. The predicted octanol–water partition coefficient (Wildman–Crippen LogP) is 3.14. The number of benzene rings is 1. The van der Waals surface area contributed by atoms with Gasteiger partial charge in [-0.2, -0.15) is 0 Å². The molecular formula is C17H24FNO4S. The summed E-state index contributed by atoms with van der Waals surface area (Å²) in [6.07, 6.45) is 2.35. The van der Waals surface area contributed by atoms with Crippen molar-refractivity contribution in [2.75, 3.05) is 32.6 Å². The number of rotatable bonds is 10. The maximum Gasteiger partial charge on any atom is 0.308 e. The first-order chi connectivity index (χ1) is 11.4. The van der Waals surface area contributed by atoms with Crippen LogP contribution in [-0.2, 0) is 9.53 Å². The minimum Gasteiger partial charge on any atom is -0.481 e. The molecule has 7 heteroatoms. The minimum atomic E-state index is -0.957. The zero-order chi connectivity index (χ0) is 18.1. The normalized spacial score (nSPS) is 12.0. The molecule has 24 heavy (non-hydrogen) atoms. The summed E-state index contributed by atoms with van der Waals surface area (Å²) < 4.78 is 18.9. The van der Waals surface area contributed by atoms with Gasteiger partial charge in [-0.05, 0) is 37.8 Å². The van der Waals surface area contributed by atoms with Gasteiger partial charge in [0.25, 0.3) is 5.91 Å². The van der Waals surface area contributed by atoms with Gasteiger partial charge in [-0.1, -0.05) is 6.92 Å². The van der Waals surface area contributed by atoms with Crippen molar-refractivity contribution in [3.63, 3.8) is 0 Å². The van der Waals surface area contributed by atoms with E-state index in [4.69, 9.17) is 9.84 Å². The number of carboxylic acids is 1. The zero-order valence-electron chi connectivity index (χ0n) is 14.3. The second-order valence-electron chi connectivity index (χ2n) is 5.39. The molecule has 0 spiro atoms. The Morgan fingerprint density at radius 1 is 1.42 bits per heavy atom. The number of amides is 1. The molecule has 0 saturated carbocycles. The van der Waals surface area contributed by atoms with E-state index in [1.807, 2.05) is 6.92 Å². The van der Waals surface area contributed by atoms with E-state index in [-0.39, 0.29) is 18.3 Å². The molecule has 0 aliphatic rings. The van der Waals surface area contributed by atoms with Crippen molar-refractivity contribution < 1.29 is 23.8 Å². The van der Waals surface area contributed by atoms with Gasteiger partial charge in [-0.15, -0.1) is 11.8 Å². The minimum absolute atomic E-state index is 0.103. The van der Waals surface area contributed by atoms with Gasteiger partial charge in [0.1, 0.15) is 5.82 Å². The van der Waals surface area contributed by atoms with Crippen molar-refractivity contribution in [1.29, 1.82) is 0 Å². The predicted molar refractivity (Wildman–Crippen MR) is 92.0 cm³/mol. The quantitative estimate of drug-likeness (QED) is 0.515. The number of carboxylic acid groups (broad SMARTS) is 1. The van der Waals surface area contributed by atoms with E-state index < -0.39 is 11.9 Å². The van der Waals surface area contributed by atoms with Gasteiger partial charge in [0, 0.05) is 36.8 Å². The molecule has 0 saturated heterocycles. The van der Waals surface area contributed by atoms with Crippen LogP contribution in [-0.4, -0.2) is 54.4 Å². The summed E-state index contributed by atoms with van der Waals surface area (Å²) in [5.74, 6) is -2.31. The van der Waals surface area contributed by atoms with Crippen LogP contribution in [0, 0.1) is 11.7 Å². The van der Waals surface area contributed by atoms with Gasteiger partial charge in [-0.3, -0.25) is 9.59 Å². The standard InChI is InChI=1S/C17H24FNO4S/c1-4-23-9-5-8-19(11-12(2)17(21)22)16(20)13-6-7-14(18)15(10-13)24-3/h6-7,10,12H,4-5,8-9,11H2,1-3H3,(H,21,22). The van der Waals surface area contributed by atoms with Crippen molar-refractivity contribution in [2.24, 2.45) is 5.92 Å². The van der Waals surface area contributed by atoms with E-state index >= 15 is 0 Å². The highest BCUT2D eigenvalue weighted by Crippen LogP contribution is 2.21. The number of hydrogen-bond acceptors (Lipinski definition) is 4. The zero-order valence-corrected chi connectivity index (χ0v) is 15.1. The van der Waals surface area contributed by atoms with E-state index in [1.54, 1.807) is 13.2 Å². The molecule has 134 valence electrons. The molecular weight excluding hydrogens is 333 g/mol. The monoisotopic (exact) mass is 357 g/mol. The number of carbonyl (C=O) groups excluding carboxylic acids is 1. The second kappa shape index (κ2) is 10.3. The number of thioether (sulfide) groups is 1. The van der Waals surface area contributed by atoms with Gasteiger partial charge in [0.2, 0.25) is 0 Å². The van der Waals surface area contributed by atoms with Gasteiger partial charge in [0.15, 0.2) is 0 Å². The molecule has 0 heterocycles. The average Bonchev–Trinajstić information content (AvgIpc) is 2.57. The third kappa shape index (κ3) is 6.13. The maximum atomic E-state index is 13.6. The molecule has 0 fully saturated rings. The lowest BCUT2D eigenvalue weighted by molar-refractivity contribution is -0.141. The lowest BCUT2D eigenvalue weighted by Crippen LogP contribution is -2.38. The van der Waals surface area contributed by atoms with E-state index in [0.717, 1.165) is 0 Å². The van der Waals surface area contributed by atoms with E-state index in [1.165, 1.54) is 34.9 Å². The highest BCUT2D eigenvalue weighted by Gasteiger charge is 2.22. The lowest BCUT2D eigenvalue weighted by atomic mass is 10.1. The fraction of sp³-hybridized carbons (Fsp3) is 0.529. The Bertz CT molecular complexity index is 568. The summed E-state index contributed by atoms with van der Waals surface area (Å²) in [7, 11) is 0. The van der Waals surface area contributed by atoms with Crippen molar-refractivity contribution in [3.8, 4) is 0 Å². The number of aliphatic carboxylic acids is 1. The van der Waals surface area contributed by atoms with Crippen LogP contribution in [0.2, 0.25) is 0 Å². The van der Waals surface area contributed by atoms with Crippen LogP contribution in [0.3, 0.4) is 0 Å². The number of ether oxygens (including phenoxy) is 1. The molecule has 1 N–H and O–H groups in total. The van der Waals surface area contributed by atoms with Crippen molar-refractivity contribution in [2.45, 2.75) is 25.2 Å². The Labute approximate surface area is 146 Å². The van der Waals surface area contributed by atoms with Crippen molar-refractivity contribution in [3.05, 3.63) is 29.6 Å². The molecule has 1 amide bonds. The number of hydrogen-bond donors (Lipinski definition) is 1. The fourth-order valence-corrected chi connectivity index (χ4v) is 2.67. The van der Waals surface area contributed by atoms with Crippen LogP contribution in [0.5, 0.6) is 0 Å². The van der Waals surface area contributed by atoms with E-state index in [2.05, 4.69) is 0 Å². The highest BCUT2D eigenvalue weighted by atomic mass is 32.2. The average molecular weight is 357 g/mol. The van der Waals surface area contributed by atoms with Crippen LogP contribution < -0.4 is 0 Å². The molecule has 1 rings (SSSR count). The Morgan fingerprint density at radius 3 is 2.71 bits per heavy atom. The van der Waals surface area contributed by atoms with E-state index in [0.29, 0.717) is 36.6 Å². The molecule has 5 nitrogen and oxygen atoms in total. The fourth-order valence-electron chi connectivity index (χ4n) is 2.16. The van der Waals surface area contributed by atoms with Gasteiger partial charge in [0.05, 0.1) is 5.92 Å². The van der Waals surface area contributed by atoms with Crippen LogP contribution in [0.15, 0.2) is 23.1 Å². The number of nitrogens with zero attached hydrogens (tertiary/aromatic N) is 1. The smallest absolute Gasteiger partial charge is 0.308 e. The third-order valence-corrected chi connectivity index (χ3v) is 4.27. The molecule has 0 bridgehead atoms. The molecule has 1 atom stereocenters. The summed E-state index contributed by atoms with van der Waals surface area (Å²) in [5.41, 5.74) is 0.356. The Balaban J connectivity index is 2.90. The van der Waals surface area contributed by atoms with Crippen molar-refractivity contribution >= 4 is 23.6 Å². The number of halogens is 1. The largest absolute Gasteiger partial charge is 0.481 e. The molecule has 1 aromatic carbocycles. The maximum absolute atomic E-state index is 13.6. The molecule has 0 aliphatic carbocycles. The molecule has 0 aromatic heterocycles. The Hall–Kier alpha value is -1.60. The summed E-state index contributed by atoms with van der Waals surface area (Å²) in [6.45, 7) is 5.03. The summed E-state index contributed by atoms with van der Waals surface area (Å²) in [6, 6.07) is 4.19. The molecule has 1 unspecified atom stereocenters. The van der Waals surface area contributed by atoms with Crippen molar-refractivity contribution in [1.82, 2.24) is 4.90 Å². The van der Waals surface area contributed by atoms with Crippen LogP contribution in [0.1, 0.15) is 30.6 Å². The summed E-state index contributed by atoms with van der Waals surface area (Å²) in [4.78, 5) is 25.7. The Kier molecular flexibility index (Phi) is 8.78. The van der Waals surface area contributed by atoms with Gasteiger partial charge < -0.3 is 14.7 Å². The summed E-state index contributed by atoms with van der Waals surface area (Å²) in [5, 5.41) is 9.10.